The number of para-hydroxylation sites is 3. The van der Waals surface area contributed by atoms with E-state index in [1.165, 1.54) is 32.5 Å². The molecule has 0 aliphatic rings. The Morgan fingerprint density at radius 2 is 0.605 bits per heavy atom. The molecule has 11 heteroatoms. The van der Waals surface area contributed by atoms with Gasteiger partial charge in [0.15, 0.2) is 0 Å². The number of thiazole rings is 3. The average molecular weight is 1220 g/mol. The molecule has 0 radical (unpaired) electrons. The zero-order valence-electron chi connectivity index (χ0n) is 47.8. The van der Waals surface area contributed by atoms with Crippen LogP contribution in [0.25, 0.3) is 95.7 Å². The molecule has 81 heavy (non-hydrogen) atoms. The molecule has 9 aromatic carbocycles. The van der Waals surface area contributed by atoms with Gasteiger partial charge in [0.1, 0.15) is 32.3 Å². The smallest absolute Gasteiger partial charge is 0.129 e. The molecule has 0 saturated heterocycles. The van der Waals surface area contributed by atoms with Gasteiger partial charge in [0.25, 0.3) is 0 Å². The first-order valence-electron chi connectivity index (χ1n) is 26.5. The van der Waals surface area contributed by atoms with Crippen LogP contribution < -0.4 is 4.74 Å². The first-order chi connectivity index (χ1) is 37.8. The molecular formula is C70H65N3O3S3Zn2. The van der Waals surface area contributed by atoms with Crippen LogP contribution in [-0.2, 0) is 55.2 Å². The number of ether oxygens (including phenoxy) is 1. The molecule has 0 fully saturated rings. The van der Waals surface area contributed by atoms with Crippen LogP contribution in [0.5, 0.6) is 17.2 Å². The van der Waals surface area contributed by atoms with Gasteiger partial charge in [0.2, 0.25) is 0 Å². The first-order valence-corrected chi connectivity index (χ1v) is 29.0. The van der Waals surface area contributed by atoms with E-state index < -0.39 is 0 Å². The fourth-order valence-corrected chi connectivity index (χ4v) is 12.2. The monoisotopic (exact) mass is 1220 g/mol. The zero-order chi connectivity index (χ0) is 55.6. The Morgan fingerprint density at radius 3 is 0.901 bits per heavy atom. The second-order valence-corrected chi connectivity index (χ2v) is 25.9. The number of nitrogens with zero attached hydrogens (tertiary/aromatic N) is 3. The summed E-state index contributed by atoms with van der Waals surface area (Å²) in [6, 6.07) is 68.3. The van der Waals surface area contributed by atoms with Gasteiger partial charge in [0, 0.05) is 39.0 Å². The minimum Gasteiger partial charge on any atom is -0.507 e. The summed E-state index contributed by atoms with van der Waals surface area (Å²) in [7, 11) is 1.71. The molecule has 2 N–H and O–H groups in total. The molecule has 12 aromatic rings. The predicted octanol–water partition coefficient (Wildman–Crippen LogP) is 20.2. The molecule has 3 heterocycles. The van der Waals surface area contributed by atoms with Gasteiger partial charge in [-0.05, 0) is 139 Å². The van der Waals surface area contributed by atoms with Crippen molar-refractivity contribution in [2.24, 2.45) is 0 Å². The Labute approximate surface area is 514 Å². The number of phenols is 2. The van der Waals surface area contributed by atoms with Gasteiger partial charge in [-0.15, -0.1) is 34.0 Å². The number of methoxy groups -OCH3 is 1. The molecule has 12 rings (SSSR count). The second kappa shape index (κ2) is 25.2. The summed E-state index contributed by atoms with van der Waals surface area (Å²) in [6.45, 7) is 20.0. The number of rotatable bonds is 7. The Morgan fingerprint density at radius 1 is 0.333 bits per heavy atom. The molecule has 0 saturated carbocycles. The zero-order valence-corrected chi connectivity index (χ0v) is 56.2. The van der Waals surface area contributed by atoms with E-state index >= 15 is 0 Å². The molecular weight excluding hydrogens is 1160 g/mol. The van der Waals surface area contributed by atoms with Crippen molar-refractivity contribution in [3.05, 3.63) is 217 Å². The van der Waals surface area contributed by atoms with Crippen LogP contribution in [-0.4, -0.2) is 32.3 Å². The summed E-state index contributed by atoms with van der Waals surface area (Å²) < 4.78 is 9.06. The van der Waals surface area contributed by atoms with Gasteiger partial charge < -0.3 is 14.9 Å². The van der Waals surface area contributed by atoms with E-state index in [2.05, 4.69) is 188 Å². The van der Waals surface area contributed by atoms with Crippen LogP contribution in [0.1, 0.15) is 79.0 Å². The topological polar surface area (TPSA) is 88.4 Å². The third-order valence-corrected chi connectivity index (χ3v) is 17.2. The van der Waals surface area contributed by atoms with Crippen LogP contribution in [0.15, 0.2) is 200 Å². The average Bonchev–Trinajstić information content (AvgIpc) is 4.27. The van der Waals surface area contributed by atoms with Gasteiger partial charge in [-0.3, -0.25) is 0 Å². The van der Waals surface area contributed by atoms with Crippen LogP contribution in [0.3, 0.4) is 0 Å². The quantitative estimate of drug-likeness (QED) is 0.155. The normalized spacial score (nSPS) is 11.5. The standard InChI is InChI=1S/C24H23NOS.2C23H21NOS.2Zn/c1-24(2,3)18-12-9-16(10-13-18)17-11-14-21(26-4)19(15-17)23-25-20-7-5-6-8-22(20)27-23;2*1-23(2,3)17-11-8-15(9-12-17)16-10-13-20(25)18(14-16)22-24-19-6-4-5-7-21(19)26-22;;/h5-15H,1-4H3;2*4-14,25H,1-3H3;;. The van der Waals surface area contributed by atoms with Crippen molar-refractivity contribution in [2.45, 2.75) is 78.6 Å². The Bertz CT molecular complexity index is 3810. The van der Waals surface area contributed by atoms with Gasteiger partial charge in [0.05, 0.1) is 54.5 Å². The third kappa shape index (κ3) is 14.0. The molecule has 0 unspecified atom stereocenters. The van der Waals surface area contributed by atoms with Crippen LogP contribution in [0.2, 0.25) is 0 Å². The molecule has 0 aliphatic carbocycles. The Hall–Kier alpha value is -6.70. The van der Waals surface area contributed by atoms with E-state index in [0.29, 0.717) is 0 Å². The Kier molecular flexibility index (Phi) is 18.8. The molecule has 0 aliphatic heterocycles. The number of hydrogen-bond donors (Lipinski definition) is 2. The van der Waals surface area contributed by atoms with Crippen molar-refractivity contribution in [3.8, 4) is 82.3 Å². The molecule has 0 bridgehead atoms. The van der Waals surface area contributed by atoms with Crippen molar-refractivity contribution in [3.63, 3.8) is 0 Å². The van der Waals surface area contributed by atoms with Crippen LogP contribution in [0, 0.1) is 0 Å². The summed E-state index contributed by atoms with van der Waals surface area (Å²) in [6.07, 6.45) is 0. The van der Waals surface area contributed by atoms with Crippen molar-refractivity contribution < 1.29 is 53.9 Å². The first kappa shape index (κ1) is 60.4. The van der Waals surface area contributed by atoms with Gasteiger partial charge in [-0.1, -0.05) is 190 Å². The maximum Gasteiger partial charge on any atom is 0.129 e. The fraction of sp³-hybridized carbons (Fsp3) is 0.186. The van der Waals surface area contributed by atoms with Crippen molar-refractivity contribution in [1.82, 2.24) is 15.0 Å². The number of aromatic nitrogens is 3. The summed E-state index contributed by atoms with van der Waals surface area (Å²) >= 11 is 4.90. The Balaban J connectivity index is 0.000000157. The largest absolute Gasteiger partial charge is 0.507 e. The van der Waals surface area contributed by atoms with E-state index in [-0.39, 0.29) is 66.7 Å². The maximum absolute atomic E-state index is 10.4. The number of hydrogen-bond acceptors (Lipinski definition) is 9. The van der Waals surface area contributed by atoms with E-state index in [1.54, 1.807) is 53.3 Å². The number of phenolic OH excluding ortho intramolecular Hbond substituents is 2. The number of benzene rings is 9. The van der Waals surface area contributed by atoms with E-state index in [4.69, 9.17) is 9.72 Å². The van der Waals surface area contributed by atoms with Crippen molar-refractivity contribution in [1.29, 1.82) is 0 Å². The number of fused-ring (bicyclic) bond motifs is 3. The van der Waals surface area contributed by atoms with E-state index in [1.807, 2.05) is 72.8 Å². The van der Waals surface area contributed by atoms with E-state index in [0.717, 1.165) is 85.7 Å². The van der Waals surface area contributed by atoms with Crippen LogP contribution in [0.4, 0.5) is 0 Å². The summed E-state index contributed by atoms with van der Waals surface area (Å²) in [5, 5.41) is 23.4. The molecule has 0 atom stereocenters. The maximum atomic E-state index is 10.4. The summed E-state index contributed by atoms with van der Waals surface area (Å²) in [5.74, 6) is 1.38. The van der Waals surface area contributed by atoms with Crippen molar-refractivity contribution in [2.75, 3.05) is 7.11 Å². The molecule has 0 spiro atoms. The van der Waals surface area contributed by atoms with Crippen molar-refractivity contribution >= 4 is 64.7 Å². The van der Waals surface area contributed by atoms with Gasteiger partial charge in [-0.2, -0.15) is 0 Å². The van der Waals surface area contributed by atoms with Gasteiger partial charge in [-0.25, -0.2) is 15.0 Å². The molecule has 0 amide bonds. The number of aromatic hydroxyl groups is 2. The molecule has 3 aromatic heterocycles. The summed E-state index contributed by atoms with van der Waals surface area (Å²) in [4.78, 5) is 14.2. The second-order valence-electron chi connectivity index (χ2n) is 22.8. The third-order valence-electron chi connectivity index (χ3n) is 14.0. The van der Waals surface area contributed by atoms with Gasteiger partial charge >= 0.3 is 0 Å². The summed E-state index contributed by atoms with van der Waals surface area (Å²) in [5.41, 5.74) is 16.8. The SMILES string of the molecule is CC(C)(C)c1ccc(-c2ccc(O)c(-c3nc4ccccc4s3)c2)cc1.CC(C)(C)c1ccc(-c2ccc(O)c(-c3nc4ccccc4s3)c2)cc1.COc1ccc(-c2ccc(C(C)(C)C)cc2)cc1-c1nc2ccccc2s1.[Zn].[Zn]. The molecule has 6 nitrogen and oxygen atoms in total. The minimum absolute atomic E-state index is 0. The van der Waals surface area contributed by atoms with Crippen LogP contribution >= 0.6 is 34.0 Å². The fourth-order valence-electron chi connectivity index (χ4n) is 9.28. The predicted molar refractivity (Wildman–Crippen MR) is 337 cm³/mol. The molecule has 400 valence electrons. The van der Waals surface area contributed by atoms with E-state index in [9.17, 15) is 10.2 Å². The minimum atomic E-state index is 0.